The molecule has 2 unspecified atom stereocenters. The summed E-state index contributed by atoms with van der Waals surface area (Å²) in [6, 6.07) is -0.898. The van der Waals surface area contributed by atoms with E-state index in [9.17, 15) is 19.8 Å². The number of nitrogens with zero attached hydrogens (tertiary/aromatic N) is 1. The van der Waals surface area contributed by atoms with E-state index in [0.29, 0.717) is 12.8 Å². The van der Waals surface area contributed by atoms with Crippen molar-refractivity contribution in [3.05, 3.63) is 0 Å². The molecule has 0 aliphatic heterocycles. The third-order valence-corrected chi connectivity index (χ3v) is 5.45. The Morgan fingerprint density at radius 3 is 1.67 bits per heavy atom. The minimum atomic E-state index is -1.21. The minimum absolute atomic E-state index is 0.000247. The molecule has 0 aromatic heterocycles. The molecular formula is C18H34N2O4. The summed E-state index contributed by atoms with van der Waals surface area (Å²) in [5, 5.41) is 19.7. The number of amides is 2. The van der Waals surface area contributed by atoms with Crippen LogP contribution >= 0.6 is 0 Å². The summed E-state index contributed by atoms with van der Waals surface area (Å²) in [5.41, 5.74) is 4.46. The van der Waals surface area contributed by atoms with Gasteiger partial charge >= 0.3 is 0 Å². The standard InChI is InChI=1S/C18H34N2O4/c1-12(2)14(10-21)20(15(11-22)13(3)4)17(24)18(16(19)23)8-6-5-7-9-18/h12-15,21-22H,5-11H2,1-4H3,(H2,19,23). The van der Waals surface area contributed by atoms with Gasteiger partial charge in [0.15, 0.2) is 0 Å². The molecule has 1 rings (SSSR count). The quantitative estimate of drug-likeness (QED) is 0.578. The maximum Gasteiger partial charge on any atom is 0.238 e. The lowest BCUT2D eigenvalue weighted by molar-refractivity contribution is -0.160. The van der Waals surface area contributed by atoms with Crippen LogP contribution in [0.1, 0.15) is 59.8 Å². The Balaban J connectivity index is 3.34. The summed E-state index contributed by atoms with van der Waals surface area (Å²) in [6.07, 6.45) is 3.47. The van der Waals surface area contributed by atoms with Crippen molar-refractivity contribution in [1.82, 2.24) is 4.90 Å². The monoisotopic (exact) mass is 342 g/mol. The molecule has 6 heteroatoms. The van der Waals surface area contributed by atoms with Crippen LogP contribution in [0.3, 0.4) is 0 Å². The van der Waals surface area contributed by atoms with E-state index >= 15 is 0 Å². The normalized spacial score (nSPS) is 20.0. The molecule has 1 aliphatic carbocycles. The molecule has 140 valence electrons. The van der Waals surface area contributed by atoms with E-state index in [1.807, 2.05) is 27.7 Å². The summed E-state index contributed by atoms with van der Waals surface area (Å²) in [7, 11) is 0. The Labute approximate surface area is 145 Å². The van der Waals surface area contributed by atoms with Gasteiger partial charge in [-0.3, -0.25) is 9.59 Å². The van der Waals surface area contributed by atoms with E-state index in [0.717, 1.165) is 19.3 Å². The average molecular weight is 342 g/mol. The van der Waals surface area contributed by atoms with Gasteiger partial charge in [-0.25, -0.2) is 0 Å². The van der Waals surface area contributed by atoms with E-state index in [-0.39, 0.29) is 31.0 Å². The van der Waals surface area contributed by atoms with Crippen LogP contribution in [0, 0.1) is 17.3 Å². The molecule has 6 nitrogen and oxygen atoms in total. The molecule has 1 saturated carbocycles. The van der Waals surface area contributed by atoms with Crippen molar-refractivity contribution in [2.24, 2.45) is 23.0 Å². The zero-order valence-electron chi connectivity index (χ0n) is 15.5. The Kier molecular flexibility index (Phi) is 7.67. The maximum absolute atomic E-state index is 13.5. The van der Waals surface area contributed by atoms with Crippen LogP contribution in [0.25, 0.3) is 0 Å². The van der Waals surface area contributed by atoms with Gasteiger partial charge in [0.1, 0.15) is 5.41 Å². The van der Waals surface area contributed by atoms with Gasteiger partial charge < -0.3 is 20.8 Å². The second-order valence-corrected chi connectivity index (χ2v) is 7.71. The van der Waals surface area contributed by atoms with Crippen LogP contribution in [-0.2, 0) is 9.59 Å². The Hall–Kier alpha value is -1.14. The third-order valence-electron chi connectivity index (χ3n) is 5.45. The Bertz CT molecular complexity index is 415. The lowest BCUT2D eigenvalue weighted by atomic mass is 9.71. The van der Waals surface area contributed by atoms with Crippen LogP contribution < -0.4 is 5.73 Å². The van der Waals surface area contributed by atoms with Crippen LogP contribution in [0.15, 0.2) is 0 Å². The number of aliphatic hydroxyl groups is 2. The molecule has 1 aliphatic rings. The molecule has 0 heterocycles. The molecule has 24 heavy (non-hydrogen) atoms. The van der Waals surface area contributed by atoms with Gasteiger partial charge in [-0.05, 0) is 24.7 Å². The first-order chi connectivity index (χ1) is 11.2. The SMILES string of the molecule is CC(C)C(CO)N(C(=O)C1(C(N)=O)CCCCC1)C(CO)C(C)C. The third kappa shape index (κ3) is 4.09. The highest BCUT2D eigenvalue weighted by Crippen LogP contribution is 2.39. The predicted molar refractivity (Wildman–Crippen MR) is 93.0 cm³/mol. The lowest BCUT2D eigenvalue weighted by Gasteiger charge is -2.46. The fourth-order valence-corrected chi connectivity index (χ4v) is 3.76. The van der Waals surface area contributed by atoms with Crippen LogP contribution in [0.4, 0.5) is 0 Å². The zero-order chi connectivity index (χ0) is 18.5. The molecule has 0 bridgehead atoms. The number of carbonyl (C=O) groups is 2. The highest BCUT2D eigenvalue weighted by atomic mass is 16.3. The van der Waals surface area contributed by atoms with Gasteiger partial charge in [-0.15, -0.1) is 0 Å². The van der Waals surface area contributed by atoms with Crippen molar-refractivity contribution >= 4 is 11.8 Å². The molecule has 0 aromatic carbocycles. The number of nitrogens with two attached hydrogens (primary N) is 1. The Morgan fingerprint density at radius 1 is 0.958 bits per heavy atom. The molecule has 0 radical (unpaired) electrons. The summed E-state index contributed by atoms with van der Waals surface area (Å²) >= 11 is 0. The first-order valence-corrected chi connectivity index (χ1v) is 9.07. The van der Waals surface area contributed by atoms with Gasteiger partial charge in [-0.2, -0.15) is 0 Å². The topological polar surface area (TPSA) is 104 Å². The molecule has 0 aromatic rings. The highest BCUT2D eigenvalue weighted by Gasteiger charge is 2.50. The second-order valence-electron chi connectivity index (χ2n) is 7.71. The van der Waals surface area contributed by atoms with Crippen molar-refractivity contribution in [3.8, 4) is 0 Å². The fraction of sp³-hybridized carbons (Fsp3) is 0.889. The largest absolute Gasteiger partial charge is 0.394 e. The molecule has 4 N–H and O–H groups in total. The van der Waals surface area contributed by atoms with Crippen LogP contribution in [0.2, 0.25) is 0 Å². The first-order valence-electron chi connectivity index (χ1n) is 9.07. The van der Waals surface area contributed by atoms with E-state index in [1.54, 1.807) is 4.90 Å². The number of hydrogen-bond acceptors (Lipinski definition) is 4. The van der Waals surface area contributed by atoms with Gasteiger partial charge in [0, 0.05) is 0 Å². The number of aliphatic hydroxyl groups excluding tert-OH is 2. The Morgan fingerprint density at radius 2 is 1.38 bits per heavy atom. The smallest absolute Gasteiger partial charge is 0.238 e. The lowest BCUT2D eigenvalue weighted by Crippen LogP contribution is -2.61. The summed E-state index contributed by atoms with van der Waals surface area (Å²) < 4.78 is 0. The van der Waals surface area contributed by atoms with Crippen molar-refractivity contribution in [2.75, 3.05) is 13.2 Å². The van der Waals surface area contributed by atoms with E-state index in [2.05, 4.69) is 0 Å². The highest BCUT2D eigenvalue weighted by molar-refractivity contribution is 6.04. The summed E-state index contributed by atoms with van der Waals surface area (Å²) in [5.74, 6) is -0.908. The van der Waals surface area contributed by atoms with Gasteiger partial charge in [0.25, 0.3) is 0 Å². The van der Waals surface area contributed by atoms with E-state index < -0.39 is 23.4 Å². The van der Waals surface area contributed by atoms with Gasteiger partial charge in [-0.1, -0.05) is 47.0 Å². The number of hydrogen-bond donors (Lipinski definition) is 3. The van der Waals surface area contributed by atoms with Crippen LogP contribution in [-0.4, -0.2) is 52.2 Å². The predicted octanol–water partition coefficient (Wildman–Crippen LogP) is 1.28. The van der Waals surface area contributed by atoms with E-state index in [1.165, 1.54) is 0 Å². The van der Waals surface area contributed by atoms with Crippen molar-refractivity contribution in [1.29, 1.82) is 0 Å². The molecule has 0 saturated heterocycles. The van der Waals surface area contributed by atoms with Crippen molar-refractivity contribution in [3.63, 3.8) is 0 Å². The summed E-state index contributed by atoms with van der Waals surface area (Å²) in [6.45, 7) is 7.28. The number of carbonyl (C=O) groups excluding carboxylic acids is 2. The van der Waals surface area contributed by atoms with E-state index in [4.69, 9.17) is 5.73 Å². The average Bonchev–Trinajstić information content (AvgIpc) is 2.54. The number of primary amides is 1. The number of rotatable bonds is 8. The molecule has 2 atom stereocenters. The zero-order valence-corrected chi connectivity index (χ0v) is 15.5. The van der Waals surface area contributed by atoms with Crippen molar-refractivity contribution < 1.29 is 19.8 Å². The molecule has 1 fully saturated rings. The van der Waals surface area contributed by atoms with Crippen molar-refractivity contribution in [2.45, 2.75) is 71.9 Å². The summed E-state index contributed by atoms with van der Waals surface area (Å²) in [4.78, 5) is 27.3. The second kappa shape index (κ2) is 8.81. The molecular weight excluding hydrogens is 308 g/mol. The minimum Gasteiger partial charge on any atom is -0.394 e. The maximum atomic E-state index is 13.5. The fourth-order valence-electron chi connectivity index (χ4n) is 3.76. The molecule has 0 spiro atoms. The van der Waals surface area contributed by atoms with Crippen LogP contribution in [0.5, 0.6) is 0 Å². The van der Waals surface area contributed by atoms with Gasteiger partial charge in [0.2, 0.25) is 11.8 Å². The van der Waals surface area contributed by atoms with Gasteiger partial charge in [0.05, 0.1) is 25.3 Å². The first kappa shape index (κ1) is 20.9. The molecule has 2 amide bonds.